The van der Waals surface area contributed by atoms with Crippen molar-refractivity contribution in [1.82, 2.24) is 0 Å². The predicted molar refractivity (Wildman–Crippen MR) is 56.4 cm³/mol. The van der Waals surface area contributed by atoms with Crippen molar-refractivity contribution in [1.29, 1.82) is 0 Å². The van der Waals surface area contributed by atoms with E-state index in [9.17, 15) is 5.11 Å². The Morgan fingerprint density at radius 3 is 2.00 bits per heavy atom. The van der Waals surface area contributed by atoms with Gasteiger partial charge in [0.05, 0.1) is 5.60 Å². The summed E-state index contributed by atoms with van der Waals surface area (Å²) in [6, 6.07) is 0. The van der Waals surface area contributed by atoms with Gasteiger partial charge in [-0.1, -0.05) is 22.6 Å². The van der Waals surface area contributed by atoms with Crippen molar-refractivity contribution >= 4 is 22.6 Å². The molecule has 0 amide bonds. The first-order valence-corrected chi connectivity index (χ1v) is 6.76. The van der Waals surface area contributed by atoms with Crippen LogP contribution in [0.5, 0.6) is 0 Å². The molecule has 10 atom stereocenters. The van der Waals surface area contributed by atoms with Crippen molar-refractivity contribution in [2.45, 2.75) is 16.4 Å². The van der Waals surface area contributed by atoms with Gasteiger partial charge in [-0.15, -0.1) is 0 Å². The Morgan fingerprint density at radius 2 is 1.46 bits per heavy atom. The maximum atomic E-state index is 10.5. The van der Waals surface area contributed by atoms with Crippen molar-refractivity contribution in [2.75, 3.05) is 0 Å². The standard InChI is InChI=1S/C11H13IO/c1-11(13)8-3-2-4(8)7-9(11)5(3)6(2)10(7)12/h2-10,13H,1H3/t2-,3-,4-,5+,6-,7-,8-,9+,10+,11+/m1/s1. The van der Waals surface area contributed by atoms with Gasteiger partial charge in [-0.05, 0) is 54.3 Å². The van der Waals surface area contributed by atoms with Crippen LogP contribution in [0.4, 0.5) is 0 Å². The molecule has 0 unspecified atom stereocenters. The summed E-state index contributed by atoms with van der Waals surface area (Å²) < 4.78 is 0.929. The minimum absolute atomic E-state index is 0.254. The van der Waals surface area contributed by atoms with E-state index in [2.05, 4.69) is 29.5 Å². The largest absolute Gasteiger partial charge is 0.390 e. The lowest BCUT2D eigenvalue weighted by atomic mass is 9.41. The highest BCUT2D eigenvalue weighted by Crippen LogP contribution is 2.91. The Kier molecular flexibility index (Phi) is 0.828. The summed E-state index contributed by atoms with van der Waals surface area (Å²) in [6.45, 7) is 2.13. The molecule has 0 aromatic heterocycles. The summed E-state index contributed by atoms with van der Waals surface area (Å²) in [5.74, 6) is 7.38. The highest BCUT2D eigenvalue weighted by Gasteiger charge is 2.91. The maximum Gasteiger partial charge on any atom is 0.0687 e. The molecule has 1 nitrogen and oxygen atoms in total. The van der Waals surface area contributed by atoms with Crippen molar-refractivity contribution < 1.29 is 5.11 Å². The number of alkyl halides is 1. The first kappa shape index (κ1) is 7.04. The molecule has 6 aliphatic rings. The quantitative estimate of drug-likeness (QED) is 0.529. The third kappa shape index (κ3) is 0.394. The molecular weight excluding hydrogens is 275 g/mol. The van der Waals surface area contributed by atoms with Gasteiger partial charge in [0.1, 0.15) is 0 Å². The van der Waals surface area contributed by atoms with Crippen molar-refractivity contribution in [3.63, 3.8) is 0 Å². The molecule has 4 bridgehead atoms. The third-order valence-electron chi connectivity index (χ3n) is 6.41. The molecule has 1 N–H and O–H groups in total. The fourth-order valence-electron chi connectivity index (χ4n) is 6.57. The summed E-state index contributed by atoms with van der Waals surface area (Å²) in [4.78, 5) is 0. The Morgan fingerprint density at radius 1 is 0.923 bits per heavy atom. The molecule has 13 heavy (non-hydrogen) atoms. The average molecular weight is 288 g/mol. The fourth-order valence-corrected chi connectivity index (χ4v) is 8.45. The van der Waals surface area contributed by atoms with Gasteiger partial charge in [0.25, 0.3) is 0 Å². The highest BCUT2D eigenvalue weighted by atomic mass is 127. The van der Waals surface area contributed by atoms with E-state index in [-0.39, 0.29) is 5.60 Å². The van der Waals surface area contributed by atoms with Crippen molar-refractivity contribution in [3.8, 4) is 0 Å². The summed E-state index contributed by atoms with van der Waals surface area (Å²) in [5.41, 5.74) is -0.254. The second kappa shape index (κ2) is 1.53. The molecule has 0 spiro atoms. The number of rotatable bonds is 0. The summed E-state index contributed by atoms with van der Waals surface area (Å²) in [7, 11) is 0. The maximum absolute atomic E-state index is 10.5. The summed E-state index contributed by atoms with van der Waals surface area (Å²) in [5, 5.41) is 10.5. The van der Waals surface area contributed by atoms with Gasteiger partial charge in [-0.25, -0.2) is 0 Å². The zero-order chi connectivity index (χ0) is 8.70. The van der Waals surface area contributed by atoms with Crippen LogP contribution in [0, 0.1) is 47.3 Å². The number of aliphatic hydroxyl groups is 1. The fraction of sp³-hybridized carbons (Fsp3) is 1.00. The van der Waals surface area contributed by atoms with Crippen LogP contribution < -0.4 is 0 Å². The van der Waals surface area contributed by atoms with Gasteiger partial charge < -0.3 is 5.11 Å². The van der Waals surface area contributed by atoms with Crippen molar-refractivity contribution in [3.05, 3.63) is 0 Å². The van der Waals surface area contributed by atoms with Crippen LogP contribution in [0.2, 0.25) is 0 Å². The Bertz CT molecular complexity index is 337. The molecular formula is C11H13IO. The van der Waals surface area contributed by atoms with Gasteiger partial charge in [0, 0.05) is 3.92 Å². The second-order valence-corrected chi connectivity index (χ2v) is 7.62. The topological polar surface area (TPSA) is 20.2 Å². The Hall–Kier alpha value is 0.690. The SMILES string of the molecule is C[C@]1(O)[C@@H]2[C@@H]3[C@H]4[C@H]5[C@H](I)[C@H]([C@@H]42)[C@@H]1[C@H]53. The first-order chi connectivity index (χ1) is 6.15. The van der Waals surface area contributed by atoms with E-state index >= 15 is 0 Å². The van der Waals surface area contributed by atoms with E-state index in [4.69, 9.17) is 0 Å². The average Bonchev–Trinajstić information content (AvgIpc) is 2.42. The minimum Gasteiger partial charge on any atom is -0.390 e. The zero-order valence-corrected chi connectivity index (χ0v) is 9.68. The van der Waals surface area contributed by atoms with Gasteiger partial charge in [0.2, 0.25) is 0 Å². The molecule has 6 fully saturated rings. The van der Waals surface area contributed by atoms with E-state index < -0.39 is 0 Å². The molecule has 0 radical (unpaired) electrons. The number of hydrogen-bond donors (Lipinski definition) is 1. The Labute approximate surface area is 91.4 Å². The monoisotopic (exact) mass is 288 g/mol. The van der Waals surface area contributed by atoms with E-state index in [0.717, 1.165) is 45.3 Å². The van der Waals surface area contributed by atoms with Crippen LogP contribution in [-0.2, 0) is 0 Å². The molecule has 0 saturated heterocycles. The lowest BCUT2D eigenvalue weighted by Gasteiger charge is -2.63. The van der Waals surface area contributed by atoms with Crippen LogP contribution >= 0.6 is 22.6 Å². The molecule has 0 aromatic rings. The van der Waals surface area contributed by atoms with Gasteiger partial charge in [-0.2, -0.15) is 0 Å². The van der Waals surface area contributed by atoms with E-state index in [1.807, 2.05) is 0 Å². The van der Waals surface area contributed by atoms with E-state index in [1.54, 1.807) is 0 Å². The molecule has 6 saturated carbocycles. The van der Waals surface area contributed by atoms with E-state index in [0.29, 0.717) is 5.92 Å². The van der Waals surface area contributed by atoms with Crippen LogP contribution in [0.3, 0.4) is 0 Å². The lowest BCUT2D eigenvalue weighted by Crippen LogP contribution is -2.61. The smallest absolute Gasteiger partial charge is 0.0687 e. The second-order valence-electron chi connectivity index (χ2n) is 6.19. The number of hydrogen-bond acceptors (Lipinski definition) is 1. The van der Waals surface area contributed by atoms with Gasteiger partial charge in [-0.3, -0.25) is 0 Å². The molecule has 6 aliphatic carbocycles. The molecule has 0 aromatic carbocycles. The van der Waals surface area contributed by atoms with Crippen LogP contribution in [0.25, 0.3) is 0 Å². The molecule has 0 aliphatic heterocycles. The third-order valence-corrected chi connectivity index (χ3v) is 8.07. The molecule has 6 rings (SSSR count). The van der Waals surface area contributed by atoms with E-state index in [1.165, 1.54) is 0 Å². The Balaban J connectivity index is 1.83. The first-order valence-electron chi connectivity index (χ1n) is 5.52. The summed E-state index contributed by atoms with van der Waals surface area (Å²) >= 11 is 2.68. The predicted octanol–water partition coefficient (Wildman–Crippen LogP) is 1.54. The molecule has 0 heterocycles. The highest BCUT2D eigenvalue weighted by molar-refractivity contribution is 14.1. The minimum atomic E-state index is -0.254. The lowest BCUT2D eigenvalue weighted by molar-refractivity contribution is -0.177. The van der Waals surface area contributed by atoms with Crippen LogP contribution in [0.15, 0.2) is 0 Å². The van der Waals surface area contributed by atoms with Crippen LogP contribution in [-0.4, -0.2) is 14.6 Å². The van der Waals surface area contributed by atoms with Crippen molar-refractivity contribution in [2.24, 2.45) is 47.3 Å². The normalized spacial score (nSPS) is 90.2. The molecule has 2 heteroatoms. The molecule has 70 valence electrons. The number of halogens is 1. The summed E-state index contributed by atoms with van der Waals surface area (Å²) in [6.07, 6.45) is 0. The van der Waals surface area contributed by atoms with Gasteiger partial charge >= 0.3 is 0 Å². The zero-order valence-electron chi connectivity index (χ0n) is 7.52. The van der Waals surface area contributed by atoms with Crippen LogP contribution in [0.1, 0.15) is 6.92 Å². The van der Waals surface area contributed by atoms with Gasteiger partial charge in [0.15, 0.2) is 0 Å².